The second-order valence-electron chi connectivity index (χ2n) is 19.8. The van der Waals surface area contributed by atoms with E-state index in [2.05, 4.69) is 74.7 Å². The van der Waals surface area contributed by atoms with Crippen molar-refractivity contribution >= 4 is 19.7 Å². The number of esters is 1. The Morgan fingerprint density at radius 2 is 0.970 bits per heavy atom. The van der Waals surface area contributed by atoms with Crippen LogP contribution >= 0.6 is 7.82 Å². The molecule has 0 saturated carbocycles. The molecule has 0 aliphatic carbocycles. The zero-order valence-electron chi connectivity index (χ0n) is 44.4. The summed E-state index contributed by atoms with van der Waals surface area (Å²) in [5.74, 6) is -0.538. The second kappa shape index (κ2) is 47.4. The van der Waals surface area contributed by atoms with Crippen LogP contribution in [0, 0.1) is 0 Å². The molecule has 390 valence electrons. The number of carbonyl (C=O) groups excluding carboxylic acids is 2. The van der Waals surface area contributed by atoms with E-state index >= 15 is 0 Å². The van der Waals surface area contributed by atoms with Gasteiger partial charge in [-0.1, -0.05) is 210 Å². The number of allylic oxidation sites excluding steroid dienone is 9. The maximum absolute atomic E-state index is 13.5. The number of quaternary nitrogens is 1. The fourth-order valence-corrected chi connectivity index (χ4v) is 8.43. The number of nitrogens with zero attached hydrogens (tertiary/aromatic N) is 1. The number of phosphoric ester groups is 1. The fraction of sp³-hybridized carbons (Fsp3) is 0.789. The minimum atomic E-state index is -4.45. The van der Waals surface area contributed by atoms with E-state index in [0.717, 1.165) is 89.9 Å². The zero-order valence-corrected chi connectivity index (χ0v) is 45.3. The largest absolute Gasteiger partial charge is 0.472 e. The molecule has 0 aliphatic heterocycles. The second-order valence-corrected chi connectivity index (χ2v) is 21.2. The van der Waals surface area contributed by atoms with Gasteiger partial charge in [0, 0.05) is 12.8 Å². The maximum Gasteiger partial charge on any atom is 0.472 e. The van der Waals surface area contributed by atoms with Crippen LogP contribution in [0.2, 0.25) is 0 Å². The molecule has 1 amide bonds. The number of nitrogens with one attached hydrogen (secondary N) is 1. The molecule has 10 heteroatoms. The Balaban J connectivity index is 5.43. The first-order chi connectivity index (χ1) is 32.4. The molecule has 0 bridgehead atoms. The van der Waals surface area contributed by atoms with Gasteiger partial charge in [-0.25, -0.2) is 4.57 Å². The highest BCUT2D eigenvalue weighted by molar-refractivity contribution is 7.47. The van der Waals surface area contributed by atoms with Gasteiger partial charge >= 0.3 is 13.8 Å². The van der Waals surface area contributed by atoms with Gasteiger partial charge in [0.1, 0.15) is 19.3 Å². The molecule has 0 radical (unpaired) electrons. The molecular formula is C57H106N2O7P+. The SMILES string of the molecule is CC/C=C/C=C/C=C/CCCCCCCCCC(=O)OC(/C=C/CCCCCCCCCCCC)C(COP(=O)(O)OCC[N+](C)(C)C)NC(=O)CCCCC/C=C\CCCCCCCCC. The van der Waals surface area contributed by atoms with Gasteiger partial charge in [-0.2, -0.15) is 0 Å². The summed E-state index contributed by atoms with van der Waals surface area (Å²) < 4.78 is 30.5. The molecule has 2 N–H and O–H groups in total. The quantitative estimate of drug-likeness (QED) is 0.0156. The van der Waals surface area contributed by atoms with Gasteiger partial charge in [-0.15, -0.1) is 0 Å². The van der Waals surface area contributed by atoms with Crippen LogP contribution in [0.1, 0.15) is 239 Å². The van der Waals surface area contributed by atoms with E-state index in [0.29, 0.717) is 17.4 Å². The van der Waals surface area contributed by atoms with E-state index in [1.807, 2.05) is 33.3 Å². The van der Waals surface area contributed by atoms with Gasteiger partial charge in [0.15, 0.2) is 0 Å². The van der Waals surface area contributed by atoms with E-state index in [1.54, 1.807) is 0 Å². The van der Waals surface area contributed by atoms with Crippen molar-refractivity contribution in [2.75, 3.05) is 40.9 Å². The minimum Gasteiger partial charge on any atom is -0.456 e. The van der Waals surface area contributed by atoms with Gasteiger partial charge in [0.2, 0.25) is 5.91 Å². The van der Waals surface area contributed by atoms with E-state index in [4.69, 9.17) is 13.8 Å². The van der Waals surface area contributed by atoms with Crippen LogP contribution in [0.5, 0.6) is 0 Å². The molecule has 0 aromatic heterocycles. The van der Waals surface area contributed by atoms with Crippen LogP contribution in [0.25, 0.3) is 0 Å². The number of rotatable bonds is 49. The van der Waals surface area contributed by atoms with Crippen molar-refractivity contribution in [1.29, 1.82) is 0 Å². The molecular weight excluding hydrogens is 856 g/mol. The number of carbonyl (C=O) groups is 2. The summed E-state index contributed by atoms with van der Waals surface area (Å²) in [4.78, 5) is 37.5. The summed E-state index contributed by atoms with van der Waals surface area (Å²) in [7, 11) is 1.48. The molecule has 0 spiro atoms. The fourth-order valence-electron chi connectivity index (χ4n) is 7.70. The van der Waals surface area contributed by atoms with Crippen LogP contribution in [0.3, 0.4) is 0 Å². The highest BCUT2D eigenvalue weighted by Crippen LogP contribution is 2.43. The summed E-state index contributed by atoms with van der Waals surface area (Å²) in [6.45, 7) is 6.85. The monoisotopic (exact) mass is 962 g/mol. The summed E-state index contributed by atoms with van der Waals surface area (Å²) in [6, 6.07) is -0.860. The Morgan fingerprint density at radius 3 is 1.48 bits per heavy atom. The molecule has 3 atom stereocenters. The average molecular weight is 962 g/mol. The van der Waals surface area contributed by atoms with Crippen molar-refractivity contribution in [2.45, 2.75) is 251 Å². The molecule has 0 fully saturated rings. The summed E-state index contributed by atoms with van der Waals surface area (Å²) in [5, 5.41) is 3.03. The zero-order chi connectivity index (χ0) is 49.4. The molecule has 0 heterocycles. The highest BCUT2D eigenvalue weighted by atomic mass is 31.2. The Bertz CT molecular complexity index is 1340. The average Bonchev–Trinajstić information content (AvgIpc) is 3.28. The van der Waals surface area contributed by atoms with E-state index in [9.17, 15) is 19.0 Å². The lowest BCUT2D eigenvalue weighted by Crippen LogP contribution is -2.47. The minimum absolute atomic E-state index is 0.0341. The number of phosphoric acid groups is 1. The molecule has 3 unspecified atom stereocenters. The third-order valence-corrected chi connectivity index (χ3v) is 13.0. The number of likely N-dealkylation sites (N-methyl/N-ethyl adjacent to an activating group) is 1. The van der Waals surface area contributed by atoms with Crippen molar-refractivity contribution in [3.63, 3.8) is 0 Å². The predicted molar refractivity (Wildman–Crippen MR) is 286 cm³/mol. The van der Waals surface area contributed by atoms with Crippen molar-refractivity contribution in [1.82, 2.24) is 5.32 Å². The highest BCUT2D eigenvalue weighted by Gasteiger charge is 2.30. The van der Waals surface area contributed by atoms with Crippen molar-refractivity contribution < 1.29 is 37.3 Å². The van der Waals surface area contributed by atoms with Gasteiger partial charge in [-0.3, -0.25) is 18.6 Å². The lowest BCUT2D eigenvalue weighted by molar-refractivity contribution is -0.870. The van der Waals surface area contributed by atoms with Gasteiger partial charge in [-0.05, 0) is 76.7 Å². The van der Waals surface area contributed by atoms with Crippen LogP contribution < -0.4 is 5.32 Å². The smallest absolute Gasteiger partial charge is 0.456 e. The summed E-state index contributed by atoms with van der Waals surface area (Å²) >= 11 is 0. The number of amides is 1. The van der Waals surface area contributed by atoms with Crippen LogP contribution in [0.15, 0.2) is 60.8 Å². The molecule has 9 nitrogen and oxygen atoms in total. The normalized spacial score (nSPS) is 14.3. The van der Waals surface area contributed by atoms with Gasteiger partial charge in [0.25, 0.3) is 0 Å². The van der Waals surface area contributed by atoms with Gasteiger partial charge < -0.3 is 19.4 Å². The third-order valence-electron chi connectivity index (χ3n) is 12.0. The van der Waals surface area contributed by atoms with E-state index < -0.39 is 20.0 Å². The van der Waals surface area contributed by atoms with E-state index in [1.165, 1.54) is 116 Å². The van der Waals surface area contributed by atoms with Crippen LogP contribution in [-0.2, 0) is 27.9 Å². The molecule has 67 heavy (non-hydrogen) atoms. The van der Waals surface area contributed by atoms with E-state index in [-0.39, 0.29) is 31.5 Å². The number of ether oxygens (including phenoxy) is 1. The van der Waals surface area contributed by atoms with Crippen molar-refractivity contribution in [2.24, 2.45) is 0 Å². The number of hydrogen-bond acceptors (Lipinski definition) is 6. The van der Waals surface area contributed by atoms with Crippen LogP contribution in [-0.4, -0.2) is 74.3 Å². The predicted octanol–water partition coefficient (Wildman–Crippen LogP) is 16.3. The first-order valence-corrected chi connectivity index (χ1v) is 29.1. The molecule has 0 aliphatic rings. The summed E-state index contributed by atoms with van der Waals surface area (Å²) in [6.07, 6.45) is 57.8. The summed E-state index contributed by atoms with van der Waals surface area (Å²) in [5.41, 5.74) is 0. The lowest BCUT2D eigenvalue weighted by atomic mass is 10.0. The van der Waals surface area contributed by atoms with Crippen LogP contribution in [0.4, 0.5) is 0 Å². The number of unbranched alkanes of at least 4 members (excludes halogenated alkanes) is 27. The molecule has 0 saturated heterocycles. The first kappa shape index (κ1) is 64.7. The molecule has 0 rings (SSSR count). The Morgan fingerprint density at radius 1 is 0.537 bits per heavy atom. The molecule has 0 aromatic rings. The van der Waals surface area contributed by atoms with Crippen molar-refractivity contribution in [3.05, 3.63) is 60.8 Å². The topological polar surface area (TPSA) is 111 Å². The standard InChI is InChI=1S/C57H105N2O7P/c1-7-10-13-16-19-22-25-28-30-32-35-38-41-44-47-50-57(61)66-55(48-45-42-39-36-33-27-24-21-18-15-12-9-3)54(53-65-67(62,63)64-52-51-59(4,5)6)58-56(60)49-46-43-40-37-34-31-29-26-23-20-17-14-11-8-2/h10,13,16,19,22,25,31,34,45,48,54-55H,7-9,11-12,14-15,17-18,20-21,23-24,26-30,32-33,35-44,46-47,49-53H2,1-6H3,(H-,58,60,62,63)/p+1/b13-10+,19-16+,25-22+,34-31-,48-45+. The number of hydrogen-bond donors (Lipinski definition) is 2. The lowest BCUT2D eigenvalue weighted by Gasteiger charge is -2.27. The Labute approximate surface area is 413 Å². The van der Waals surface area contributed by atoms with Gasteiger partial charge in [0.05, 0.1) is 33.8 Å². The first-order valence-electron chi connectivity index (χ1n) is 27.6. The Kier molecular flexibility index (Phi) is 45.8. The van der Waals surface area contributed by atoms with Crippen molar-refractivity contribution in [3.8, 4) is 0 Å². The molecule has 0 aromatic carbocycles. The third kappa shape index (κ3) is 48.5. The maximum atomic E-state index is 13.5. The Hall–Kier alpha value is -2.29.